The molecule has 0 bridgehead atoms. The first-order valence-corrected chi connectivity index (χ1v) is 9.52. The summed E-state index contributed by atoms with van der Waals surface area (Å²) in [5.41, 5.74) is 0.320. The molecular weight excluding hydrogens is 481 g/mol. The van der Waals surface area contributed by atoms with E-state index in [1.165, 1.54) is 12.1 Å². The molecule has 0 aliphatic carbocycles. The Morgan fingerprint density at radius 2 is 2.07 bits per heavy atom. The van der Waals surface area contributed by atoms with Gasteiger partial charge in [-0.2, -0.15) is 0 Å². The van der Waals surface area contributed by atoms with Crippen LogP contribution in [0.25, 0.3) is 0 Å². The highest BCUT2D eigenvalue weighted by Crippen LogP contribution is 2.21. The predicted octanol–water partition coefficient (Wildman–Crippen LogP) is 2.48. The van der Waals surface area contributed by atoms with Gasteiger partial charge in [0.25, 0.3) is 0 Å². The van der Waals surface area contributed by atoms with E-state index in [4.69, 9.17) is 9.47 Å². The summed E-state index contributed by atoms with van der Waals surface area (Å²) < 4.78 is 38.5. The average Bonchev–Trinajstić information content (AvgIpc) is 3.20. The molecule has 2 aliphatic rings. The SMILES string of the molecule is CN=C(NCCOCC1CCCO1)N1CCN(c2cc(F)ccc2F)CC1.I. The largest absolute Gasteiger partial charge is 0.377 e. The maximum Gasteiger partial charge on any atom is 0.193 e. The minimum atomic E-state index is -0.422. The van der Waals surface area contributed by atoms with Crippen molar-refractivity contribution in [2.24, 2.45) is 4.99 Å². The van der Waals surface area contributed by atoms with Crippen LogP contribution in [-0.4, -0.2) is 76.6 Å². The molecule has 2 saturated heterocycles. The van der Waals surface area contributed by atoms with Crippen molar-refractivity contribution >= 4 is 35.6 Å². The molecule has 2 heterocycles. The van der Waals surface area contributed by atoms with Crippen molar-refractivity contribution in [3.05, 3.63) is 29.8 Å². The third kappa shape index (κ3) is 6.41. The van der Waals surface area contributed by atoms with Crippen LogP contribution >= 0.6 is 24.0 Å². The van der Waals surface area contributed by atoms with Gasteiger partial charge < -0.3 is 24.6 Å². The third-order valence-corrected chi connectivity index (χ3v) is 4.90. The van der Waals surface area contributed by atoms with Gasteiger partial charge in [-0.05, 0) is 25.0 Å². The second-order valence-electron chi connectivity index (χ2n) is 6.75. The van der Waals surface area contributed by atoms with E-state index in [1.54, 1.807) is 7.05 Å². The minimum Gasteiger partial charge on any atom is -0.377 e. The van der Waals surface area contributed by atoms with Crippen LogP contribution in [0.2, 0.25) is 0 Å². The van der Waals surface area contributed by atoms with Crippen LogP contribution in [0.1, 0.15) is 12.8 Å². The van der Waals surface area contributed by atoms with Crippen molar-refractivity contribution in [2.75, 3.05) is 64.5 Å². The van der Waals surface area contributed by atoms with Gasteiger partial charge in [-0.1, -0.05) is 0 Å². The Bertz CT molecular complexity index is 636. The van der Waals surface area contributed by atoms with E-state index in [1.807, 2.05) is 4.90 Å². The van der Waals surface area contributed by atoms with Crippen LogP contribution in [0.4, 0.5) is 14.5 Å². The molecule has 9 heteroatoms. The van der Waals surface area contributed by atoms with Crippen molar-refractivity contribution in [2.45, 2.75) is 18.9 Å². The van der Waals surface area contributed by atoms with Crippen LogP contribution in [-0.2, 0) is 9.47 Å². The fourth-order valence-corrected chi connectivity index (χ4v) is 3.45. The average molecular weight is 510 g/mol. The normalized spacial score (nSPS) is 20.2. The maximum atomic E-state index is 13.9. The lowest BCUT2D eigenvalue weighted by atomic mass is 10.2. The van der Waals surface area contributed by atoms with E-state index < -0.39 is 11.6 Å². The highest BCUT2D eigenvalue weighted by atomic mass is 127. The van der Waals surface area contributed by atoms with Crippen molar-refractivity contribution in [1.82, 2.24) is 10.2 Å². The highest BCUT2D eigenvalue weighted by molar-refractivity contribution is 14.0. The smallest absolute Gasteiger partial charge is 0.193 e. The number of piperazine rings is 1. The molecule has 2 fully saturated rings. The molecule has 0 amide bonds. The second-order valence-corrected chi connectivity index (χ2v) is 6.75. The van der Waals surface area contributed by atoms with Crippen molar-refractivity contribution in [3.63, 3.8) is 0 Å². The zero-order valence-electron chi connectivity index (χ0n) is 16.2. The molecule has 6 nitrogen and oxygen atoms in total. The number of anilines is 1. The van der Waals surface area contributed by atoms with Crippen molar-refractivity contribution in [1.29, 1.82) is 0 Å². The van der Waals surface area contributed by atoms with E-state index in [9.17, 15) is 8.78 Å². The van der Waals surface area contributed by atoms with Gasteiger partial charge in [-0.15, -0.1) is 24.0 Å². The number of hydrogen-bond donors (Lipinski definition) is 1. The molecule has 28 heavy (non-hydrogen) atoms. The Morgan fingerprint density at radius 1 is 1.29 bits per heavy atom. The first-order chi connectivity index (χ1) is 13.2. The zero-order valence-corrected chi connectivity index (χ0v) is 18.5. The summed E-state index contributed by atoms with van der Waals surface area (Å²) in [6, 6.07) is 3.57. The molecule has 1 N–H and O–H groups in total. The number of benzene rings is 1. The third-order valence-electron chi connectivity index (χ3n) is 4.90. The molecule has 0 saturated carbocycles. The first kappa shape index (κ1) is 23.1. The predicted molar refractivity (Wildman–Crippen MR) is 117 cm³/mol. The number of nitrogens with zero attached hydrogens (tertiary/aromatic N) is 3. The molecule has 1 atom stereocenters. The van der Waals surface area contributed by atoms with Gasteiger partial charge in [-0.25, -0.2) is 8.78 Å². The Hall–Kier alpha value is -1.20. The monoisotopic (exact) mass is 510 g/mol. The second kappa shape index (κ2) is 11.7. The summed E-state index contributed by atoms with van der Waals surface area (Å²) in [6.07, 6.45) is 2.43. The molecule has 0 spiro atoms. The van der Waals surface area contributed by atoms with Gasteiger partial charge in [-0.3, -0.25) is 4.99 Å². The fourth-order valence-electron chi connectivity index (χ4n) is 3.45. The van der Waals surface area contributed by atoms with Crippen LogP contribution in [0, 0.1) is 11.6 Å². The summed E-state index contributed by atoms with van der Waals surface area (Å²) in [5.74, 6) is -0.0138. The summed E-state index contributed by atoms with van der Waals surface area (Å²) in [7, 11) is 1.74. The topological polar surface area (TPSA) is 49.3 Å². The summed E-state index contributed by atoms with van der Waals surface area (Å²) in [5, 5.41) is 3.30. The van der Waals surface area contributed by atoms with Crippen molar-refractivity contribution < 1.29 is 18.3 Å². The summed E-state index contributed by atoms with van der Waals surface area (Å²) in [4.78, 5) is 8.30. The fraction of sp³-hybridized carbons (Fsp3) is 0.632. The van der Waals surface area contributed by atoms with Gasteiger partial charge in [0.15, 0.2) is 5.96 Å². The highest BCUT2D eigenvalue weighted by Gasteiger charge is 2.22. The number of hydrogen-bond acceptors (Lipinski definition) is 4. The number of rotatable bonds is 6. The van der Waals surface area contributed by atoms with Crippen LogP contribution < -0.4 is 10.2 Å². The van der Waals surface area contributed by atoms with Gasteiger partial charge in [0.1, 0.15) is 11.6 Å². The van der Waals surface area contributed by atoms with E-state index in [2.05, 4.69) is 15.2 Å². The molecule has 1 aromatic rings. The van der Waals surface area contributed by atoms with Gasteiger partial charge in [0, 0.05) is 52.4 Å². The quantitative estimate of drug-likeness (QED) is 0.276. The number of ether oxygens (including phenoxy) is 2. The van der Waals surface area contributed by atoms with E-state index in [-0.39, 0.29) is 30.1 Å². The van der Waals surface area contributed by atoms with Gasteiger partial charge in [0.2, 0.25) is 0 Å². The Balaban J connectivity index is 0.00000280. The molecule has 0 radical (unpaired) electrons. The van der Waals surface area contributed by atoms with Crippen LogP contribution in [0.15, 0.2) is 23.2 Å². The number of guanidine groups is 1. The maximum absolute atomic E-state index is 13.9. The lowest BCUT2D eigenvalue weighted by Gasteiger charge is -2.37. The minimum absolute atomic E-state index is 0. The number of halogens is 3. The Labute approximate surface area is 182 Å². The van der Waals surface area contributed by atoms with Crippen LogP contribution in [0.3, 0.4) is 0 Å². The molecule has 158 valence electrons. The molecular formula is C19H29F2IN4O2. The zero-order chi connectivity index (χ0) is 19.1. The molecule has 3 rings (SSSR count). The molecule has 1 unspecified atom stereocenters. The first-order valence-electron chi connectivity index (χ1n) is 9.52. The Kier molecular flexibility index (Phi) is 9.66. The van der Waals surface area contributed by atoms with E-state index in [0.717, 1.165) is 31.5 Å². The van der Waals surface area contributed by atoms with Gasteiger partial charge >= 0.3 is 0 Å². The lowest BCUT2D eigenvalue weighted by Crippen LogP contribution is -2.53. The Morgan fingerprint density at radius 3 is 2.75 bits per heavy atom. The standard InChI is InChI=1S/C19H28F2N4O2.HI/c1-22-19(23-6-12-26-14-16-3-2-11-27-16)25-9-7-24(8-10-25)18-13-15(20)4-5-17(18)21;/h4-5,13,16H,2-3,6-12,14H2,1H3,(H,22,23);1H. The number of aliphatic imine (C=N–C) groups is 1. The van der Waals surface area contributed by atoms with Crippen molar-refractivity contribution in [3.8, 4) is 0 Å². The number of nitrogens with one attached hydrogen (secondary N) is 1. The van der Waals surface area contributed by atoms with E-state index >= 15 is 0 Å². The lowest BCUT2D eigenvalue weighted by molar-refractivity contribution is 0.0190. The summed E-state index contributed by atoms with van der Waals surface area (Å²) >= 11 is 0. The molecule has 2 aliphatic heterocycles. The molecule has 0 aromatic heterocycles. The van der Waals surface area contributed by atoms with E-state index in [0.29, 0.717) is 51.6 Å². The van der Waals surface area contributed by atoms with Gasteiger partial charge in [0.05, 0.1) is 25.0 Å². The molecule has 1 aromatic carbocycles. The van der Waals surface area contributed by atoms with Crippen LogP contribution in [0.5, 0.6) is 0 Å². The summed E-state index contributed by atoms with van der Waals surface area (Å²) in [6.45, 7) is 5.32.